The summed E-state index contributed by atoms with van der Waals surface area (Å²) in [4.78, 5) is 0. The van der Waals surface area contributed by atoms with Gasteiger partial charge >= 0.3 is 0 Å². The third-order valence-electron chi connectivity index (χ3n) is 5.59. The molecule has 1 aliphatic rings. The first kappa shape index (κ1) is 16.1. The monoisotopic (exact) mass is 252 g/mol. The fraction of sp³-hybridized carbons (Fsp3) is 1.00. The number of rotatable bonds is 9. The second-order valence-corrected chi connectivity index (χ2v) is 7.17. The smallest absolute Gasteiger partial charge is 0.0386 e. The molecular weight excluding hydrogens is 216 g/mol. The minimum atomic E-state index is 0.936. The molecule has 1 aliphatic carbocycles. The molecule has 0 aromatic rings. The van der Waals surface area contributed by atoms with Gasteiger partial charge in [-0.15, -0.1) is 0 Å². The van der Waals surface area contributed by atoms with Crippen LogP contribution in [0, 0.1) is 29.6 Å². The second-order valence-electron chi connectivity index (χ2n) is 7.17. The molecule has 0 aromatic heterocycles. The molecule has 1 saturated carbocycles. The topological polar surface area (TPSA) is 0 Å². The molecule has 0 radical (unpaired) electrons. The lowest BCUT2D eigenvalue weighted by Crippen LogP contribution is -2.26. The van der Waals surface area contributed by atoms with Crippen LogP contribution >= 0.6 is 0 Å². The maximum Gasteiger partial charge on any atom is -0.0386 e. The van der Waals surface area contributed by atoms with E-state index < -0.39 is 0 Å². The van der Waals surface area contributed by atoms with Gasteiger partial charge in [-0.2, -0.15) is 0 Å². The Labute approximate surface area is 116 Å². The van der Waals surface area contributed by atoms with Crippen molar-refractivity contribution in [1.29, 1.82) is 0 Å². The first-order chi connectivity index (χ1) is 8.58. The van der Waals surface area contributed by atoms with Crippen LogP contribution in [0.2, 0.25) is 0 Å². The van der Waals surface area contributed by atoms with Gasteiger partial charge in [0.05, 0.1) is 0 Å². The Morgan fingerprint density at radius 2 is 1.67 bits per heavy atom. The Hall–Kier alpha value is 0. The molecule has 0 saturated heterocycles. The highest BCUT2D eigenvalue weighted by atomic mass is 14.3. The highest BCUT2D eigenvalue weighted by molar-refractivity contribution is 4.79. The summed E-state index contributed by atoms with van der Waals surface area (Å²) in [5.74, 6) is 4.88. The number of hydrogen-bond acceptors (Lipinski definition) is 0. The van der Waals surface area contributed by atoms with Crippen LogP contribution in [0.4, 0.5) is 0 Å². The van der Waals surface area contributed by atoms with Crippen molar-refractivity contribution in [2.45, 2.75) is 86.0 Å². The standard InChI is InChI=1S/C18H36/c1-6-9-14(3)12-17(7-2)13-15(4)16(5)18-10-8-11-18/h14-18H,6-13H2,1-5H3. The Morgan fingerprint density at radius 1 is 1.00 bits per heavy atom. The molecule has 108 valence electrons. The average molecular weight is 252 g/mol. The van der Waals surface area contributed by atoms with Gasteiger partial charge in [0.1, 0.15) is 0 Å². The van der Waals surface area contributed by atoms with Crippen LogP contribution in [0.15, 0.2) is 0 Å². The molecule has 1 fully saturated rings. The van der Waals surface area contributed by atoms with Gasteiger partial charge in [-0.3, -0.25) is 0 Å². The van der Waals surface area contributed by atoms with Gasteiger partial charge in [0.25, 0.3) is 0 Å². The van der Waals surface area contributed by atoms with E-state index in [4.69, 9.17) is 0 Å². The zero-order valence-electron chi connectivity index (χ0n) is 13.5. The lowest BCUT2D eigenvalue weighted by atomic mass is 9.69. The van der Waals surface area contributed by atoms with Crippen LogP contribution in [0.3, 0.4) is 0 Å². The summed E-state index contributed by atoms with van der Waals surface area (Å²) in [6.45, 7) is 12.2. The quantitative estimate of drug-likeness (QED) is 0.451. The van der Waals surface area contributed by atoms with Crippen LogP contribution in [0.5, 0.6) is 0 Å². The summed E-state index contributed by atoms with van der Waals surface area (Å²) >= 11 is 0. The molecule has 0 N–H and O–H groups in total. The third-order valence-corrected chi connectivity index (χ3v) is 5.59. The highest BCUT2D eigenvalue weighted by Gasteiger charge is 2.28. The summed E-state index contributed by atoms with van der Waals surface area (Å²) in [5.41, 5.74) is 0. The van der Waals surface area contributed by atoms with E-state index in [1.54, 1.807) is 0 Å². The van der Waals surface area contributed by atoms with Crippen LogP contribution < -0.4 is 0 Å². The largest absolute Gasteiger partial charge is 0.0654 e. The van der Waals surface area contributed by atoms with Crippen molar-refractivity contribution in [1.82, 2.24) is 0 Å². The van der Waals surface area contributed by atoms with E-state index in [9.17, 15) is 0 Å². The molecule has 4 unspecified atom stereocenters. The summed E-state index contributed by atoms with van der Waals surface area (Å²) in [5, 5.41) is 0. The zero-order chi connectivity index (χ0) is 13.5. The Kier molecular flexibility index (Phi) is 7.34. The minimum Gasteiger partial charge on any atom is -0.0654 e. The van der Waals surface area contributed by atoms with Crippen molar-refractivity contribution in [3.63, 3.8) is 0 Å². The lowest BCUT2D eigenvalue weighted by molar-refractivity contribution is 0.144. The van der Waals surface area contributed by atoms with E-state index >= 15 is 0 Å². The fourth-order valence-corrected chi connectivity index (χ4v) is 3.78. The lowest BCUT2D eigenvalue weighted by Gasteiger charge is -2.36. The average Bonchev–Trinajstić information content (AvgIpc) is 2.25. The van der Waals surface area contributed by atoms with Crippen molar-refractivity contribution in [3.8, 4) is 0 Å². The molecule has 4 atom stereocenters. The second kappa shape index (κ2) is 8.23. The van der Waals surface area contributed by atoms with Crippen LogP contribution in [0.1, 0.15) is 86.0 Å². The minimum absolute atomic E-state index is 0.936. The molecule has 0 heterocycles. The predicted molar refractivity (Wildman–Crippen MR) is 82.8 cm³/mol. The van der Waals surface area contributed by atoms with Crippen LogP contribution in [0.25, 0.3) is 0 Å². The molecule has 0 amide bonds. The summed E-state index contributed by atoms with van der Waals surface area (Å²) < 4.78 is 0. The van der Waals surface area contributed by atoms with E-state index in [-0.39, 0.29) is 0 Å². The summed E-state index contributed by atoms with van der Waals surface area (Å²) in [6, 6.07) is 0. The van der Waals surface area contributed by atoms with E-state index in [2.05, 4.69) is 34.6 Å². The summed E-state index contributed by atoms with van der Waals surface area (Å²) in [7, 11) is 0. The van der Waals surface area contributed by atoms with Crippen molar-refractivity contribution < 1.29 is 0 Å². The van der Waals surface area contributed by atoms with Crippen LogP contribution in [-0.4, -0.2) is 0 Å². The Morgan fingerprint density at radius 3 is 2.11 bits per heavy atom. The van der Waals surface area contributed by atoms with E-state index in [1.165, 1.54) is 51.4 Å². The first-order valence-corrected chi connectivity index (χ1v) is 8.58. The van der Waals surface area contributed by atoms with E-state index in [0.29, 0.717) is 0 Å². The predicted octanol–water partition coefficient (Wildman–Crippen LogP) is 6.30. The van der Waals surface area contributed by atoms with Crippen molar-refractivity contribution in [2.24, 2.45) is 29.6 Å². The summed E-state index contributed by atoms with van der Waals surface area (Å²) in [6.07, 6.45) is 11.6. The molecule has 0 spiro atoms. The maximum absolute atomic E-state index is 2.51. The Bertz CT molecular complexity index is 204. The Balaban J connectivity index is 2.31. The molecule has 1 rings (SSSR count). The molecular formula is C18H36. The van der Waals surface area contributed by atoms with Gasteiger partial charge in [0.15, 0.2) is 0 Å². The molecule has 0 bridgehead atoms. The molecule has 18 heavy (non-hydrogen) atoms. The van der Waals surface area contributed by atoms with Crippen LogP contribution in [-0.2, 0) is 0 Å². The first-order valence-electron chi connectivity index (χ1n) is 8.58. The van der Waals surface area contributed by atoms with Crippen molar-refractivity contribution in [3.05, 3.63) is 0 Å². The maximum atomic E-state index is 2.51. The van der Waals surface area contributed by atoms with Gasteiger partial charge in [-0.1, -0.05) is 73.1 Å². The van der Waals surface area contributed by atoms with Crippen molar-refractivity contribution >= 4 is 0 Å². The fourth-order valence-electron chi connectivity index (χ4n) is 3.78. The molecule has 0 heteroatoms. The van der Waals surface area contributed by atoms with Gasteiger partial charge in [-0.05, 0) is 42.4 Å². The van der Waals surface area contributed by atoms with E-state index in [0.717, 1.165) is 29.6 Å². The molecule has 0 aromatic carbocycles. The highest BCUT2D eigenvalue weighted by Crippen LogP contribution is 2.39. The van der Waals surface area contributed by atoms with Gasteiger partial charge in [0, 0.05) is 0 Å². The van der Waals surface area contributed by atoms with E-state index in [1.807, 2.05) is 0 Å². The van der Waals surface area contributed by atoms with Gasteiger partial charge in [0.2, 0.25) is 0 Å². The zero-order valence-corrected chi connectivity index (χ0v) is 13.5. The van der Waals surface area contributed by atoms with Crippen molar-refractivity contribution in [2.75, 3.05) is 0 Å². The SMILES string of the molecule is CCCC(C)CC(CC)CC(C)C(C)C1CCC1. The third kappa shape index (κ3) is 4.94. The molecule has 0 aliphatic heterocycles. The molecule has 0 nitrogen and oxygen atoms in total. The van der Waals surface area contributed by atoms with Gasteiger partial charge < -0.3 is 0 Å². The normalized spacial score (nSPS) is 23.2. The van der Waals surface area contributed by atoms with Gasteiger partial charge in [-0.25, -0.2) is 0 Å². The number of hydrogen-bond donors (Lipinski definition) is 0.